The second-order valence-electron chi connectivity index (χ2n) is 7.32. The zero-order valence-electron chi connectivity index (χ0n) is 14.0. The van der Waals surface area contributed by atoms with Crippen LogP contribution in [-0.4, -0.2) is 18.7 Å². The van der Waals surface area contributed by atoms with Gasteiger partial charge in [0.15, 0.2) is 0 Å². The van der Waals surface area contributed by atoms with Crippen molar-refractivity contribution in [1.29, 1.82) is 0 Å². The summed E-state index contributed by atoms with van der Waals surface area (Å²) in [4.78, 5) is 0. The molecule has 2 rings (SSSR count). The monoisotopic (exact) mass is 327 g/mol. The zero-order valence-corrected chi connectivity index (χ0v) is 14.0. The summed E-state index contributed by atoms with van der Waals surface area (Å²) in [6.07, 6.45) is 2.73. The summed E-state index contributed by atoms with van der Waals surface area (Å²) in [6.45, 7) is 6.13. The Kier molecular flexibility index (Phi) is 5.34. The molecule has 6 heteroatoms. The summed E-state index contributed by atoms with van der Waals surface area (Å²) in [7, 11) is 0. The van der Waals surface area contributed by atoms with Gasteiger partial charge in [0.05, 0.1) is 6.42 Å². The Labute approximate surface area is 136 Å². The lowest BCUT2D eigenvalue weighted by molar-refractivity contribution is -0.127. The van der Waals surface area contributed by atoms with E-state index in [4.69, 9.17) is 10.4 Å². The molecule has 0 saturated carbocycles. The topological polar surface area (TPSA) is 35.2 Å². The minimum absolute atomic E-state index is 0.143. The van der Waals surface area contributed by atoms with Crippen molar-refractivity contribution in [2.45, 2.75) is 64.6 Å². The predicted molar refractivity (Wildman–Crippen MR) is 87.8 cm³/mol. The van der Waals surface area contributed by atoms with E-state index in [1.807, 2.05) is 19.9 Å². The SMILES string of the molecule is CC1CB(C2=C/C/C(CC(F)(F)F)=C\C/C=C\2N)OC(C)(C)C1. The molecule has 0 aromatic carbocycles. The first-order valence-electron chi connectivity index (χ1n) is 8.14. The Morgan fingerprint density at radius 2 is 2.00 bits per heavy atom. The maximum Gasteiger partial charge on any atom is 0.392 e. The number of nitrogens with two attached hydrogens (primary N) is 1. The van der Waals surface area contributed by atoms with E-state index in [2.05, 4.69) is 6.92 Å². The zero-order chi connectivity index (χ0) is 17.3. The van der Waals surface area contributed by atoms with E-state index < -0.39 is 12.6 Å². The van der Waals surface area contributed by atoms with E-state index in [-0.39, 0.29) is 18.9 Å². The largest absolute Gasteiger partial charge is 0.426 e. The van der Waals surface area contributed by atoms with Crippen LogP contribution in [0.3, 0.4) is 0 Å². The maximum atomic E-state index is 12.6. The molecule has 2 N–H and O–H groups in total. The van der Waals surface area contributed by atoms with Crippen molar-refractivity contribution < 1.29 is 17.8 Å². The first kappa shape index (κ1) is 18.2. The third-order valence-corrected chi connectivity index (χ3v) is 4.35. The molecule has 2 nitrogen and oxygen atoms in total. The van der Waals surface area contributed by atoms with Crippen LogP contribution in [0.4, 0.5) is 13.2 Å². The maximum absolute atomic E-state index is 12.6. The van der Waals surface area contributed by atoms with Gasteiger partial charge >= 0.3 is 13.1 Å². The van der Waals surface area contributed by atoms with Crippen LogP contribution in [0.15, 0.2) is 35.0 Å². The Morgan fingerprint density at radius 3 is 2.61 bits per heavy atom. The van der Waals surface area contributed by atoms with Crippen molar-refractivity contribution in [3.05, 3.63) is 35.0 Å². The van der Waals surface area contributed by atoms with Gasteiger partial charge in [0.2, 0.25) is 0 Å². The lowest BCUT2D eigenvalue weighted by Crippen LogP contribution is -2.43. The molecule has 1 heterocycles. The molecule has 1 fully saturated rings. The molecule has 2 aliphatic rings. The highest BCUT2D eigenvalue weighted by molar-refractivity contribution is 6.62. The Morgan fingerprint density at radius 1 is 1.30 bits per heavy atom. The van der Waals surface area contributed by atoms with Crippen molar-refractivity contribution in [3.63, 3.8) is 0 Å². The molecule has 0 aromatic heterocycles. The van der Waals surface area contributed by atoms with E-state index in [1.54, 1.807) is 12.2 Å². The number of rotatable bonds is 2. The molecule has 1 saturated heterocycles. The minimum atomic E-state index is -4.17. The number of hydrogen-bond acceptors (Lipinski definition) is 2. The van der Waals surface area contributed by atoms with Crippen LogP contribution in [0.25, 0.3) is 0 Å². The molecule has 1 aliphatic carbocycles. The molecular weight excluding hydrogens is 302 g/mol. The number of halogens is 3. The van der Waals surface area contributed by atoms with E-state index in [0.717, 1.165) is 18.2 Å². The fourth-order valence-corrected chi connectivity index (χ4v) is 3.59. The molecule has 1 unspecified atom stereocenters. The molecule has 1 aliphatic heterocycles. The second-order valence-corrected chi connectivity index (χ2v) is 7.32. The lowest BCUT2D eigenvalue weighted by atomic mass is 9.50. The van der Waals surface area contributed by atoms with Gasteiger partial charge in [0, 0.05) is 11.3 Å². The van der Waals surface area contributed by atoms with Gasteiger partial charge in [0.1, 0.15) is 0 Å². The van der Waals surface area contributed by atoms with Crippen molar-refractivity contribution in [1.82, 2.24) is 0 Å². The van der Waals surface area contributed by atoms with Crippen LogP contribution in [0, 0.1) is 5.92 Å². The molecule has 0 aromatic rings. The van der Waals surface area contributed by atoms with Gasteiger partial charge in [-0.2, -0.15) is 13.2 Å². The van der Waals surface area contributed by atoms with Crippen LogP contribution < -0.4 is 5.73 Å². The standard InChI is InChI=1S/C17H25BF3NO/c1-12-9-16(2,3)23-18(11-12)14-8-7-13(10-17(19,20)21)5-4-6-15(14)22/h5-6,8,12H,4,7,9-11,22H2,1-3H3/b13-5+,14-8+,15-6+. The van der Waals surface area contributed by atoms with Crippen molar-refractivity contribution in [3.8, 4) is 0 Å². The van der Waals surface area contributed by atoms with E-state index in [1.165, 1.54) is 0 Å². The van der Waals surface area contributed by atoms with Crippen LogP contribution in [0.1, 0.15) is 46.5 Å². The van der Waals surface area contributed by atoms with Crippen LogP contribution in [0.2, 0.25) is 6.32 Å². The molecule has 0 bridgehead atoms. The van der Waals surface area contributed by atoms with Crippen molar-refractivity contribution in [2.24, 2.45) is 11.7 Å². The average Bonchev–Trinajstić information content (AvgIpc) is 2.32. The van der Waals surface area contributed by atoms with Gasteiger partial charge in [-0.05, 0) is 50.8 Å². The van der Waals surface area contributed by atoms with E-state index in [9.17, 15) is 13.2 Å². The molecule has 0 radical (unpaired) electrons. The fraction of sp³-hybridized carbons (Fsp3) is 0.647. The van der Waals surface area contributed by atoms with Gasteiger partial charge in [-0.3, -0.25) is 0 Å². The third kappa shape index (κ3) is 5.45. The normalized spacial score (nSPS) is 32.7. The Hall–Kier alpha value is -1.17. The second kappa shape index (κ2) is 6.75. The number of allylic oxidation sites excluding steroid dienone is 5. The highest BCUT2D eigenvalue weighted by atomic mass is 19.4. The van der Waals surface area contributed by atoms with Gasteiger partial charge in [-0.1, -0.05) is 30.7 Å². The van der Waals surface area contributed by atoms with E-state index in [0.29, 0.717) is 23.6 Å². The molecule has 1 atom stereocenters. The Bertz CT molecular complexity index is 534. The molecule has 23 heavy (non-hydrogen) atoms. The van der Waals surface area contributed by atoms with Gasteiger partial charge in [-0.15, -0.1) is 0 Å². The summed E-state index contributed by atoms with van der Waals surface area (Å²) >= 11 is 0. The van der Waals surface area contributed by atoms with Crippen LogP contribution >= 0.6 is 0 Å². The highest BCUT2D eigenvalue weighted by Gasteiger charge is 2.38. The quantitative estimate of drug-likeness (QED) is 0.584. The van der Waals surface area contributed by atoms with Crippen molar-refractivity contribution >= 4 is 6.92 Å². The third-order valence-electron chi connectivity index (χ3n) is 4.35. The molecular formula is C17H25BF3NO. The first-order valence-corrected chi connectivity index (χ1v) is 8.14. The van der Waals surface area contributed by atoms with Gasteiger partial charge < -0.3 is 10.4 Å². The highest BCUT2D eigenvalue weighted by Crippen LogP contribution is 2.36. The molecule has 128 valence electrons. The fourth-order valence-electron chi connectivity index (χ4n) is 3.59. The minimum Gasteiger partial charge on any atom is -0.426 e. The van der Waals surface area contributed by atoms with E-state index >= 15 is 0 Å². The summed E-state index contributed by atoms with van der Waals surface area (Å²) in [5, 5.41) is 0. The number of hydrogen-bond donors (Lipinski definition) is 1. The molecule has 0 spiro atoms. The summed E-state index contributed by atoms with van der Waals surface area (Å²) in [5.41, 5.74) is 7.77. The molecule has 0 amide bonds. The van der Waals surface area contributed by atoms with Gasteiger partial charge in [0.25, 0.3) is 0 Å². The van der Waals surface area contributed by atoms with Crippen LogP contribution in [0.5, 0.6) is 0 Å². The predicted octanol–water partition coefficient (Wildman–Crippen LogP) is 4.79. The summed E-state index contributed by atoms with van der Waals surface area (Å²) in [5.74, 6) is 0.494. The summed E-state index contributed by atoms with van der Waals surface area (Å²) < 4.78 is 44.0. The summed E-state index contributed by atoms with van der Waals surface area (Å²) in [6, 6.07) is 0. The van der Waals surface area contributed by atoms with Crippen molar-refractivity contribution in [2.75, 3.05) is 0 Å². The first-order chi connectivity index (χ1) is 10.6. The smallest absolute Gasteiger partial charge is 0.392 e. The average molecular weight is 327 g/mol. The number of alkyl halides is 3. The lowest BCUT2D eigenvalue weighted by Gasteiger charge is -2.39. The van der Waals surface area contributed by atoms with Crippen LogP contribution in [-0.2, 0) is 4.65 Å². The van der Waals surface area contributed by atoms with Gasteiger partial charge in [-0.25, -0.2) is 0 Å². The Balaban J connectivity index is 2.20.